The quantitative estimate of drug-likeness (QED) is 0.741. The normalized spacial score (nSPS) is 13.2. The molecule has 3 heteroatoms. The molecule has 0 amide bonds. The number of allylic oxidation sites excluding steroid dienone is 2. The Morgan fingerprint density at radius 2 is 2.05 bits per heavy atom. The van der Waals surface area contributed by atoms with Crippen molar-refractivity contribution in [1.29, 1.82) is 0 Å². The Labute approximate surface area is 121 Å². The molecule has 0 bridgehead atoms. The minimum absolute atomic E-state index is 0.704. The van der Waals surface area contributed by atoms with E-state index >= 15 is 0 Å². The molecule has 0 aromatic heterocycles. The molecule has 1 heterocycles. The van der Waals surface area contributed by atoms with Crippen molar-refractivity contribution in [2.75, 3.05) is 11.9 Å². The van der Waals surface area contributed by atoms with Gasteiger partial charge >= 0.3 is 0 Å². The van der Waals surface area contributed by atoms with Crippen LogP contribution in [0.3, 0.4) is 0 Å². The third kappa shape index (κ3) is 3.92. The predicted octanol–water partition coefficient (Wildman–Crippen LogP) is 3.28. The zero-order valence-electron chi connectivity index (χ0n) is 12.2. The highest BCUT2D eigenvalue weighted by molar-refractivity contribution is 5.59. The van der Waals surface area contributed by atoms with Gasteiger partial charge in [0.15, 0.2) is 0 Å². The summed E-state index contributed by atoms with van der Waals surface area (Å²) in [4.78, 5) is 0. The summed E-state index contributed by atoms with van der Waals surface area (Å²) in [5.74, 6) is 0. The number of hydrogen-bond acceptors (Lipinski definition) is 3. The van der Waals surface area contributed by atoms with Gasteiger partial charge in [0.05, 0.1) is 6.54 Å². The molecular weight excluding hydrogens is 246 g/mol. The first-order valence-electron chi connectivity index (χ1n) is 6.92. The first-order chi connectivity index (χ1) is 9.54. The van der Waals surface area contributed by atoms with Crippen LogP contribution in [0.2, 0.25) is 0 Å². The van der Waals surface area contributed by atoms with Crippen LogP contribution in [0.4, 0.5) is 5.69 Å². The van der Waals surface area contributed by atoms with Crippen LogP contribution in [0.25, 0.3) is 0 Å². The average molecular weight is 269 g/mol. The largest absolute Gasteiger partial charge is 0.384 e. The summed E-state index contributed by atoms with van der Waals surface area (Å²) in [7, 11) is 0. The topological polar surface area (TPSA) is 36.1 Å². The van der Waals surface area contributed by atoms with Gasteiger partial charge in [0, 0.05) is 29.3 Å². The Hall–Kier alpha value is -2.16. The van der Waals surface area contributed by atoms with Crippen LogP contribution >= 0.6 is 0 Å². The van der Waals surface area contributed by atoms with Crippen molar-refractivity contribution in [3.8, 4) is 0 Å². The van der Waals surface area contributed by atoms with E-state index in [9.17, 15) is 0 Å². The average Bonchev–Trinajstić information content (AvgIpc) is 2.42. The van der Waals surface area contributed by atoms with Crippen LogP contribution in [0.1, 0.15) is 24.5 Å². The van der Waals surface area contributed by atoms with Crippen LogP contribution in [-0.4, -0.2) is 6.54 Å². The highest BCUT2D eigenvalue weighted by Crippen LogP contribution is 2.26. The molecule has 0 unspecified atom stereocenters. The highest BCUT2D eigenvalue weighted by atomic mass is 15.0. The summed E-state index contributed by atoms with van der Waals surface area (Å²) in [6, 6.07) is 6.55. The van der Waals surface area contributed by atoms with Gasteiger partial charge in [-0.05, 0) is 37.0 Å². The molecule has 0 radical (unpaired) electrons. The maximum atomic E-state index is 4.00. The monoisotopic (exact) mass is 269 g/mol. The van der Waals surface area contributed by atoms with Gasteiger partial charge in [0.2, 0.25) is 0 Å². The molecule has 0 spiro atoms. The molecule has 3 nitrogen and oxygen atoms in total. The maximum absolute atomic E-state index is 4.00. The number of rotatable bonds is 6. The van der Waals surface area contributed by atoms with E-state index in [-0.39, 0.29) is 0 Å². The molecule has 0 fully saturated rings. The standard InChI is InChI=1S/C17H23N3/c1-12(2)18-10-14(4)19-11-15-6-8-16-7-5-13(3)20-17(16)9-15/h6,8-9,18-20H,1,3-5,7,10-11H2,2H3. The third-order valence-electron chi connectivity index (χ3n) is 3.33. The summed E-state index contributed by atoms with van der Waals surface area (Å²) < 4.78 is 0. The lowest BCUT2D eigenvalue weighted by Gasteiger charge is -2.21. The number of fused-ring (bicyclic) bond motifs is 1. The Kier molecular flexibility index (Phi) is 4.51. The third-order valence-corrected chi connectivity index (χ3v) is 3.33. The molecule has 2 rings (SSSR count). The molecule has 1 aliphatic heterocycles. The van der Waals surface area contributed by atoms with Crippen molar-refractivity contribution >= 4 is 5.69 Å². The van der Waals surface area contributed by atoms with E-state index in [0.717, 1.165) is 36.5 Å². The van der Waals surface area contributed by atoms with Crippen LogP contribution < -0.4 is 16.0 Å². The summed E-state index contributed by atoms with van der Waals surface area (Å²) in [5, 5.41) is 9.84. The SMILES string of the molecule is C=C(C)NCC(=C)NCc1ccc2c(c1)NC(=C)CC2. The Balaban J connectivity index is 1.90. The van der Waals surface area contributed by atoms with Crippen molar-refractivity contribution in [3.05, 3.63) is 66.2 Å². The number of aryl methyl sites for hydroxylation is 1. The van der Waals surface area contributed by atoms with Gasteiger partial charge in [-0.2, -0.15) is 0 Å². The fourth-order valence-corrected chi connectivity index (χ4v) is 2.15. The second kappa shape index (κ2) is 6.33. The smallest absolute Gasteiger partial charge is 0.0538 e. The molecule has 20 heavy (non-hydrogen) atoms. The van der Waals surface area contributed by atoms with Gasteiger partial charge in [0.1, 0.15) is 0 Å². The zero-order valence-corrected chi connectivity index (χ0v) is 12.2. The Morgan fingerprint density at radius 1 is 1.25 bits per heavy atom. The number of anilines is 1. The van der Waals surface area contributed by atoms with Crippen LogP contribution in [-0.2, 0) is 13.0 Å². The lowest BCUT2D eigenvalue weighted by molar-refractivity contribution is 0.743. The summed E-state index contributed by atoms with van der Waals surface area (Å²) >= 11 is 0. The molecule has 0 saturated heterocycles. The van der Waals surface area contributed by atoms with Crippen LogP contribution in [0, 0.1) is 0 Å². The molecule has 1 aliphatic rings. The minimum atomic E-state index is 0.704. The fourth-order valence-electron chi connectivity index (χ4n) is 2.15. The first kappa shape index (κ1) is 14.3. The maximum Gasteiger partial charge on any atom is 0.0538 e. The predicted molar refractivity (Wildman–Crippen MR) is 86.3 cm³/mol. The summed E-state index contributed by atoms with van der Waals surface area (Å²) in [6.45, 7) is 15.2. The van der Waals surface area contributed by atoms with Gasteiger partial charge in [-0.25, -0.2) is 0 Å². The second-order valence-electron chi connectivity index (χ2n) is 5.31. The molecule has 0 atom stereocenters. The van der Waals surface area contributed by atoms with E-state index in [4.69, 9.17) is 0 Å². The van der Waals surface area contributed by atoms with Crippen molar-refractivity contribution in [3.63, 3.8) is 0 Å². The lowest BCUT2D eigenvalue weighted by atomic mass is 10.00. The van der Waals surface area contributed by atoms with Crippen molar-refractivity contribution in [2.24, 2.45) is 0 Å². The Bertz CT molecular complexity index is 543. The van der Waals surface area contributed by atoms with Crippen molar-refractivity contribution in [2.45, 2.75) is 26.3 Å². The molecule has 0 saturated carbocycles. The van der Waals surface area contributed by atoms with E-state index in [2.05, 4.69) is 53.9 Å². The molecular formula is C17H23N3. The van der Waals surface area contributed by atoms with Gasteiger partial charge in [-0.15, -0.1) is 0 Å². The van der Waals surface area contributed by atoms with Crippen molar-refractivity contribution in [1.82, 2.24) is 10.6 Å². The van der Waals surface area contributed by atoms with E-state index < -0.39 is 0 Å². The van der Waals surface area contributed by atoms with E-state index in [1.807, 2.05) is 6.92 Å². The zero-order chi connectivity index (χ0) is 14.5. The van der Waals surface area contributed by atoms with Gasteiger partial charge in [0.25, 0.3) is 0 Å². The molecule has 1 aromatic carbocycles. The lowest BCUT2D eigenvalue weighted by Crippen LogP contribution is -2.23. The van der Waals surface area contributed by atoms with Gasteiger partial charge in [-0.1, -0.05) is 31.9 Å². The van der Waals surface area contributed by atoms with Crippen LogP contribution in [0.15, 0.2) is 55.0 Å². The van der Waals surface area contributed by atoms with E-state index in [1.54, 1.807) is 0 Å². The molecule has 3 N–H and O–H groups in total. The van der Waals surface area contributed by atoms with Crippen molar-refractivity contribution < 1.29 is 0 Å². The minimum Gasteiger partial charge on any atom is -0.384 e. The molecule has 1 aromatic rings. The second-order valence-corrected chi connectivity index (χ2v) is 5.31. The number of nitrogens with one attached hydrogen (secondary N) is 3. The highest BCUT2D eigenvalue weighted by Gasteiger charge is 2.11. The fraction of sp³-hybridized carbons (Fsp3) is 0.294. The van der Waals surface area contributed by atoms with Gasteiger partial charge in [-0.3, -0.25) is 0 Å². The molecule has 0 aliphatic carbocycles. The van der Waals surface area contributed by atoms with E-state index in [0.29, 0.717) is 6.54 Å². The molecule has 106 valence electrons. The summed E-state index contributed by atoms with van der Waals surface area (Å²) in [5.41, 5.74) is 6.79. The van der Waals surface area contributed by atoms with Crippen LogP contribution in [0.5, 0.6) is 0 Å². The van der Waals surface area contributed by atoms with Gasteiger partial charge < -0.3 is 16.0 Å². The number of benzene rings is 1. The number of hydrogen-bond donors (Lipinski definition) is 3. The summed E-state index contributed by atoms with van der Waals surface area (Å²) in [6.07, 6.45) is 2.10. The Morgan fingerprint density at radius 3 is 2.80 bits per heavy atom. The first-order valence-corrected chi connectivity index (χ1v) is 6.92. The van der Waals surface area contributed by atoms with E-state index in [1.165, 1.54) is 16.8 Å².